The van der Waals surface area contributed by atoms with Crippen LogP contribution < -0.4 is 9.80 Å². The highest BCUT2D eigenvalue weighted by molar-refractivity contribution is 7.25. The Morgan fingerprint density at radius 2 is 0.675 bits per heavy atom. The molecule has 0 bridgehead atoms. The van der Waals surface area contributed by atoms with Crippen molar-refractivity contribution in [1.29, 1.82) is 0 Å². The predicted molar refractivity (Wildman–Crippen MR) is 328 cm³/mol. The van der Waals surface area contributed by atoms with Crippen molar-refractivity contribution in [1.82, 2.24) is 9.13 Å². The van der Waals surface area contributed by atoms with Crippen molar-refractivity contribution in [3.63, 3.8) is 0 Å². The zero-order valence-corrected chi connectivity index (χ0v) is 42.7. The highest BCUT2D eigenvalue weighted by atomic mass is 32.1. The summed E-state index contributed by atoms with van der Waals surface area (Å²) >= 11 is 1.85. The number of thiophene rings is 1. The lowest BCUT2D eigenvalue weighted by Crippen LogP contribution is -2.13. The lowest BCUT2D eigenvalue weighted by Gasteiger charge is -2.30. The lowest BCUT2D eigenvalue weighted by molar-refractivity contribution is 1.15. The molecule has 0 amide bonds. The Balaban J connectivity index is 0.898. The summed E-state index contributed by atoms with van der Waals surface area (Å²) in [4.78, 5) is 4.80. The Labute approximate surface area is 450 Å². The summed E-state index contributed by atoms with van der Waals surface area (Å²) in [7, 11) is 0. The van der Waals surface area contributed by atoms with Crippen LogP contribution in [-0.2, 0) is 0 Å². The number of benzene rings is 12. The summed E-state index contributed by atoms with van der Waals surface area (Å²) in [6.07, 6.45) is 0. The smallest absolute Gasteiger partial charge is 0.0561 e. The van der Waals surface area contributed by atoms with Gasteiger partial charge in [-0.2, -0.15) is 0 Å². The van der Waals surface area contributed by atoms with Crippen LogP contribution in [0.1, 0.15) is 0 Å². The molecule has 0 radical (unpaired) electrons. The second kappa shape index (κ2) is 18.5. The van der Waals surface area contributed by atoms with E-state index in [1.54, 1.807) is 0 Å². The standard InChI is InChI=1S/C72H48N4S/c1-5-19-49(20-6-1)52-43-59(73(53-21-7-2-8-22-53)54-23-9-3-10-24-54)46-60(44-52)74(57-39-42-72-66(47-57)65-29-15-18-32-71(65)77-72)56-36-33-50(34-37-56)51-35-40-63-61-27-14-17-31-68(61)76(69(63)45-51)58-38-41-64-62-28-13-16-30-67(62)75(70(64)48-58)55-25-11-4-12-26-55/h1-48H. The second-order valence-electron chi connectivity index (χ2n) is 19.7. The molecule has 3 heterocycles. The fraction of sp³-hybridized carbons (Fsp3) is 0. The number of nitrogens with zero attached hydrogens (tertiary/aromatic N) is 4. The van der Waals surface area contributed by atoms with E-state index in [-0.39, 0.29) is 0 Å². The molecule has 0 aliphatic rings. The summed E-state index contributed by atoms with van der Waals surface area (Å²) in [5, 5.41) is 7.46. The Bertz CT molecular complexity index is 4630. The van der Waals surface area contributed by atoms with E-state index in [1.807, 2.05) is 11.3 Å². The van der Waals surface area contributed by atoms with E-state index in [0.717, 1.165) is 67.8 Å². The Morgan fingerprint density at radius 3 is 1.34 bits per heavy atom. The molecule has 0 saturated heterocycles. The largest absolute Gasteiger partial charge is 0.310 e. The van der Waals surface area contributed by atoms with Crippen LogP contribution in [0, 0.1) is 0 Å². The molecule has 0 fully saturated rings. The molecule has 5 heteroatoms. The number of hydrogen-bond donors (Lipinski definition) is 0. The topological polar surface area (TPSA) is 16.3 Å². The molecule has 0 unspecified atom stereocenters. The van der Waals surface area contributed by atoms with Crippen LogP contribution >= 0.6 is 11.3 Å². The van der Waals surface area contributed by atoms with Gasteiger partial charge in [-0.1, -0.05) is 170 Å². The highest BCUT2D eigenvalue weighted by Crippen LogP contribution is 2.46. The molecule has 0 aliphatic carbocycles. The molecular formula is C72H48N4S. The molecule has 0 N–H and O–H groups in total. The predicted octanol–water partition coefficient (Wildman–Crippen LogP) is 20.5. The molecule has 4 nitrogen and oxygen atoms in total. The summed E-state index contributed by atoms with van der Waals surface area (Å²) in [6, 6.07) is 106. The van der Waals surface area contributed by atoms with E-state index < -0.39 is 0 Å². The zero-order valence-electron chi connectivity index (χ0n) is 41.9. The maximum atomic E-state index is 2.45. The van der Waals surface area contributed by atoms with Crippen LogP contribution in [0.2, 0.25) is 0 Å². The minimum Gasteiger partial charge on any atom is -0.310 e. The van der Waals surface area contributed by atoms with Gasteiger partial charge in [0.05, 0.1) is 22.1 Å². The van der Waals surface area contributed by atoms with Gasteiger partial charge in [-0.05, 0) is 144 Å². The maximum absolute atomic E-state index is 2.45. The van der Waals surface area contributed by atoms with Gasteiger partial charge in [0.2, 0.25) is 0 Å². The van der Waals surface area contributed by atoms with Gasteiger partial charge in [-0.15, -0.1) is 11.3 Å². The van der Waals surface area contributed by atoms with E-state index in [1.165, 1.54) is 63.8 Å². The van der Waals surface area contributed by atoms with Crippen LogP contribution in [0.15, 0.2) is 291 Å². The Hall–Kier alpha value is -9.94. The lowest BCUT2D eigenvalue weighted by atomic mass is 10.0. The molecule has 0 atom stereocenters. The summed E-state index contributed by atoms with van der Waals surface area (Å²) in [5.74, 6) is 0. The SMILES string of the molecule is c1ccc(-c2cc(N(c3ccccc3)c3ccccc3)cc(N(c3ccc(-c4ccc5c6ccccc6n(-c6ccc7c8ccccc8n(-c8ccccc8)c7c6)c5c4)cc3)c3ccc4sc5ccccc5c4c3)c2)cc1. The average Bonchev–Trinajstić information content (AvgIpc) is 4.20. The third-order valence-electron chi connectivity index (χ3n) is 15.2. The van der Waals surface area contributed by atoms with Crippen molar-refractivity contribution in [3.05, 3.63) is 291 Å². The second-order valence-corrected chi connectivity index (χ2v) is 20.8. The van der Waals surface area contributed by atoms with Crippen molar-refractivity contribution in [3.8, 4) is 33.6 Å². The van der Waals surface area contributed by atoms with Crippen molar-refractivity contribution >= 4 is 109 Å². The minimum atomic E-state index is 1.05. The van der Waals surface area contributed by atoms with Crippen LogP contribution in [0.25, 0.3) is 97.4 Å². The van der Waals surface area contributed by atoms with Gasteiger partial charge in [0.25, 0.3) is 0 Å². The van der Waals surface area contributed by atoms with Crippen molar-refractivity contribution in [2.45, 2.75) is 0 Å². The summed E-state index contributed by atoms with van der Waals surface area (Å²) in [5.41, 5.74) is 18.0. The van der Waals surface area contributed by atoms with E-state index in [2.05, 4.69) is 310 Å². The normalized spacial score (nSPS) is 11.6. The van der Waals surface area contributed by atoms with Gasteiger partial charge in [0.15, 0.2) is 0 Å². The molecular weight excluding hydrogens is 953 g/mol. The van der Waals surface area contributed by atoms with Crippen LogP contribution in [0.3, 0.4) is 0 Å². The van der Waals surface area contributed by atoms with Gasteiger partial charge in [-0.3, -0.25) is 0 Å². The number of fused-ring (bicyclic) bond motifs is 9. The molecule has 15 aromatic rings. The third-order valence-corrected chi connectivity index (χ3v) is 16.4. The van der Waals surface area contributed by atoms with Crippen molar-refractivity contribution < 1.29 is 0 Å². The first-order valence-corrected chi connectivity index (χ1v) is 27.1. The highest BCUT2D eigenvalue weighted by Gasteiger charge is 2.22. The quantitative estimate of drug-likeness (QED) is 0.136. The van der Waals surface area contributed by atoms with E-state index in [9.17, 15) is 0 Å². The van der Waals surface area contributed by atoms with Crippen molar-refractivity contribution in [2.75, 3.05) is 9.80 Å². The first-order valence-electron chi connectivity index (χ1n) is 26.2. The molecule has 0 saturated carbocycles. The Kier molecular flexibility index (Phi) is 10.7. The number of aromatic nitrogens is 2. The monoisotopic (exact) mass is 1000 g/mol. The average molecular weight is 1000 g/mol. The molecule has 0 aliphatic heterocycles. The summed E-state index contributed by atoms with van der Waals surface area (Å²) in [6.45, 7) is 0. The van der Waals surface area contributed by atoms with Crippen LogP contribution in [0.4, 0.5) is 34.1 Å². The fourth-order valence-corrected chi connectivity index (χ4v) is 12.8. The first kappa shape index (κ1) is 44.5. The van der Waals surface area contributed by atoms with Gasteiger partial charge in [-0.25, -0.2) is 0 Å². The molecule has 12 aromatic carbocycles. The number of hydrogen-bond acceptors (Lipinski definition) is 3. The zero-order chi connectivity index (χ0) is 50.8. The molecule has 362 valence electrons. The molecule has 3 aromatic heterocycles. The van der Waals surface area contributed by atoms with Crippen molar-refractivity contribution in [2.24, 2.45) is 0 Å². The maximum Gasteiger partial charge on any atom is 0.0561 e. The number of para-hydroxylation sites is 5. The molecule has 0 spiro atoms. The van der Waals surface area contributed by atoms with E-state index >= 15 is 0 Å². The molecule has 77 heavy (non-hydrogen) atoms. The first-order chi connectivity index (χ1) is 38.2. The fourth-order valence-electron chi connectivity index (χ4n) is 11.7. The van der Waals surface area contributed by atoms with E-state index in [4.69, 9.17) is 0 Å². The minimum absolute atomic E-state index is 1.05. The summed E-state index contributed by atoms with van der Waals surface area (Å²) < 4.78 is 7.42. The number of anilines is 6. The third kappa shape index (κ3) is 7.67. The number of rotatable bonds is 10. The van der Waals surface area contributed by atoms with Crippen LogP contribution in [-0.4, -0.2) is 9.13 Å². The van der Waals surface area contributed by atoms with Crippen LogP contribution in [0.5, 0.6) is 0 Å². The van der Waals surface area contributed by atoms with Gasteiger partial charge in [0, 0.05) is 87.2 Å². The van der Waals surface area contributed by atoms with Gasteiger partial charge >= 0.3 is 0 Å². The van der Waals surface area contributed by atoms with E-state index in [0.29, 0.717) is 0 Å². The Morgan fingerprint density at radius 1 is 0.221 bits per heavy atom. The van der Waals surface area contributed by atoms with Gasteiger partial charge < -0.3 is 18.9 Å². The van der Waals surface area contributed by atoms with Gasteiger partial charge in [0.1, 0.15) is 0 Å². The molecule has 15 rings (SSSR count).